The summed E-state index contributed by atoms with van der Waals surface area (Å²) in [7, 11) is 3.52. The number of carbonyl (C=O) groups is 1. The van der Waals surface area contributed by atoms with Gasteiger partial charge in [-0.2, -0.15) is 4.98 Å². The maximum Gasteiger partial charge on any atom is 0.257 e. The van der Waals surface area contributed by atoms with Crippen molar-refractivity contribution in [2.45, 2.75) is 32.6 Å². The van der Waals surface area contributed by atoms with Crippen molar-refractivity contribution in [3.8, 4) is 0 Å². The number of ether oxygens (including phenoxy) is 1. The normalized spacial score (nSPS) is 21.3. The molecule has 0 radical (unpaired) electrons. The second kappa shape index (κ2) is 7.33. The molecule has 3 rings (SSSR count). The van der Waals surface area contributed by atoms with Gasteiger partial charge in [0.05, 0.1) is 6.10 Å². The third kappa shape index (κ3) is 4.24. The second-order valence-corrected chi connectivity index (χ2v) is 6.71. The van der Waals surface area contributed by atoms with Crippen molar-refractivity contribution in [3.05, 3.63) is 47.1 Å². The standard InChI is InChI=1S/C18H24N4O3/c1-12-9-22(11-16(24-12)17-19-13(2)20-25-17)10-14-6-5-7-15(8-14)18(23)21(3)4/h5-8,12,16H,9-11H2,1-4H3/t12-,16-/m1/s1. The molecule has 0 saturated carbocycles. The predicted octanol–water partition coefficient (Wildman–Crippen LogP) is 2.04. The Hall–Kier alpha value is -2.25. The smallest absolute Gasteiger partial charge is 0.257 e. The van der Waals surface area contributed by atoms with Crippen molar-refractivity contribution in [2.75, 3.05) is 27.2 Å². The SMILES string of the molecule is Cc1noc([C@H]2CN(Cc3cccc(C(=O)N(C)C)c3)C[C@@H](C)O2)n1. The fourth-order valence-corrected chi connectivity index (χ4v) is 3.07. The van der Waals surface area contributed by atoms with Gasteiger partial charge in [0, 0.05) is 39.3 Å². The maximum atomic E-state index is 12.1. The maximum absolute atomic E-state index is 12.1. The predicted molar refractivity (Wildman–Crippen MR) is 92.1 cm³/mol. The van der Waals surface area contributed by atoms with Gasteiger partial charge in [-0.15, -0.1) is 0 Å². The Labute approximate surface area is 147 Å². The Morgan fingerprint density at radius 3 is 2.84 bits per heavy atom. The van der Waals surface area contributed by atoms with Crippen LogP contribution in [0, 0.1) is 6.92 Å². The third-order valence-electron chi connectivity index (χ3n) is 4.14. The summed E-state index contributed by atoms with van der Waals surface area (Å²) in [6.07, 6.45) is -0.158. The first kappa shape index (κ1) is 17.6. The molecule has 0 N–H and O–H groups in total. The van der Waals surface area contributed by atoms with Crippen LogP contribution < -0.4 is 0 Å². The quantitative estimate of drug-likeness (QED) is 0.845. The van der Waals surface area contributed by atoms with Gasteiger partial charge in [-0.1, -0.05) is 17.3 Å². The number of aromatic nitrogens is 2. The molecule has 1 aromatic heterocycles. The number of hydrogen-bond donors (Lipinski definition) is 0. The van der Waals surface area contributed by atoms with E-state index in [0.717, 1.165) is 18.7 Å². The zero-order valence-electron chi connectivity index (χ0n) is 15.1. The summed E-state index contributed by atoms with van der Waals surface area (Å²) in [4.78, 5) is 20.3. The number of rotatable bonds is 4. The minimum absolute atomic E-state index is 0.0106. The van der Waals surface area contributed by atoms with Crippen molar-refractivity contribution in [1.29, 1.82) is 0 Å². The molecule has 1 aliphatic heterocycles. The van der Waals surface area contributed by atoms with E-state index in [1.165, 1.54) is 0 Å². The minimum Gasteiger partial charge on any atom is -0.363 e. The number of carbonyl (C=O) groups excluding carboxylic acids is 1. The average molecular weight is 344 g/mol. The van der Waals surface area contributed by atoms with E-state index >= 15 is 0 Å². The van der Waals surface area contributed by atoms with Gasteiger partial charge < -0.3 is 14.2 Å². The Balaban J connectivity index is 1.71. The lowest BCUT2D eigenvalue weighted by Gasteiger charge is -2.35. The zero-order valence-corrected chi connectivity index (χ0v) is 15.1. The van der Waals surface area contributed by atoms with Crippen LogP contribution in [-0.2, 0) is 11.3 Å². The minimum atomic E-state index is -0.225. The molecule has 1 amide bonds. The van der Waals surface area contributed by atoms with Crippen LogP contribution in [0.1, 0.15) is 40.7 Å². The molecule has 0 aliphatic carbocycles. The molecule has 0 unspecified atom stereocenters. The van der Waals surface area contributed by atoms with Crippen molar-refractivity contribution in [2.24, 2.45) is 0 Å². The number of morpholine rings is 1. The fraction of sp³-hybridized carbons (Fsp3) is 0.500. The molecule has 2 aromatic rings. The van der Waals surface area contributed by atoms with Gasteiger partial charge in [-0.25, -0.2) is 0 Å². The molecule has 25 heavy (non-hydrogen) atoms. The molecule has 1 aliphatic rings. The van der Waals surface area contributed by atoms with Crippen LogP contribution in [0.25, 0.3) is 0 Å². The van der Waals surface area contributed by atoms with Crippen LogP contribution >= 0.6 is 0 Å². The second-order valence-electron chi connectivity index (χ2n) is 6.71. The third-order valence-corrected chi connectivity index (χ3v) is 4.14. The number of amides is 1. The van der Waals surface area contributed by atoms with Crippen LogP contribution in [0.2, 0.25) is 0 Å². The average Bonchev–Trinajstić information content (AvgIpc) is 3.00. The van der Waals surface area contributed by atoms with Gasteiger partial charge in [0.2, 0.25) is 0 Å². The van der Waals surface area contributed by atoms with Crippen LogP contribution in [0.15, 0.2) is 28.8 Å². The van der Waals surface area contributed by atoms with Gasteiger partial charge in [-0.3, -0.25) is 9.69 Å². The van der Waals surface area contributed by atoms with Crippen LogP contribution in [-0.4, -0.2) is 59.1 Å². The van der Waals surface area contributed by atoms with Crippen LogP contribution in [0.4, 0.5) is 0 Å². The number of benzene rings is 1. The monoisotopic (exact) mass is 344 g/mol. The molecular formula is C18H24N4O3. The molecule has 1 aromatic carbocycles. The lowest BCUT2D eigenvalue weighted by atomic mass is 10.1. The summed E-state index contributed by atoms with van der Waals surface area (Å²) in [5.74, 6) is 1.14. The van der Waals surface area contributed by atoms with E-state index in [1.54, 1.807) is 25.9 Å². The van der Waals surface area contributed by atoms with Crippen molar-refractivity contribution in [1.82, 2.24) is 19.9 Å². The summed E-state index contributed by atoms with van der Waals surface area (Å²) < 4.78 is 11.2. The van der Waals surface area contributed by atoms with Gasteiger partial charge in [0.25, 0.3) is 11.8 Å². The first-order valence-corrected chi connectivity index (χ1v) is 8.41. The highest BCUT2D eigenvalue weighted by atomic mass is 16.5. The van der Waals surface area contributed by atoms with Crippen LogP contribution in [0.3, 0.4) is 0 Å². The van der Waals surface area contributed by atoms with E-state index in [4.69, 9.17) is 9.26 Å². The number of hydrogen-bond acceptors (Lipinski definition) is 6. The van der Waals surface area contributed by atoms with E-state index in [-0.39, 0.29) is 18.1 Å². The van der Waals surface area contributed by atoms with Gasteiger partial charge >= 0.3 is 0 Å². The van der Waals surface area contributed by atoms with E-state index in [1.807, 2.05) is 31.2 Å². The lowest BCUT2D eigenvalue weighted by Crippen LogP contribution is -2.42. The summed E-state index contributed by atoms with van der Waals surface area (Å²) >= 11 is 0. The lowest BCUT2D eigenvalue weighted by molar-refractivity contribution is -0.0930. The highest BCUT2D eigenvalue weighted by molar-refractivity contribution is 5.94. The molecule has 1 saturated heterocycles. The first-order valence-electron chi connectivity index (χ1n) is 8.41. The molecule has 134 valence electrons. The van der Waals surface area contributed by atoms with Gasteiger partial charge in [0.1, 0.15) is 6.10 Å². The van der Waals surface area contributed by atoms with E-state index in [9.17, 15) is 4.79 Å². The molecule has 1 fully saturated rings. The summed E-state index contributed by atoms with van der Waals surface area (Å²) in [5.41, 5.74) is 1.80. The Morgan fingerprint density at radius 1 is 1.36 bits per heavy atom. The topological polar surface area (TPSA) is 71.7 Å². The molecule has 7 nitrogen and oxygen atoms in total. The highest BCUT2D eigenvalue weighted by Gasteiger charge is 2.30. The Kier molecular flexibility index (Phi) is 5.15. The van der Waals surface area contributed by atoms with E-state index in [0.29, 0.717) is 23.8 Å². The summed E-state index contributed by atoms with van der Waals surface area (Å²) in [6.45, 7) is 6.07. The van der Waals surface area contributed by atoms with Gasteiger partial charge in [-0.05, 0) is 31.5 Å². The van der Waals surface area contributed by atoms with Crippen molar-refractivity contribution >= 4 is 5.91 Å². The fourth-order valence-electron chi connectivity index (χ4n) is 3.07. The molecule has 0 spiro atoms. The first-order chi connectivity index (χ1) is 11.9. The number of nitrogens with zero attached hydrogens (tertiary/aromatic N) is 4. The molecule has 7 heteroatoms. The van der Waals surface area contributed by atoms with E-state index in [2.05, 4.69) is 15.0 Å². The largest absolute Gasteiger partial charge is 0.363 e. The van der Waals surface area contributed by atoms with Gasteiger partial charge in [0.15, 0.2) is 5.82 Å². The molecule has 0 bridgehead atoms. The molecular weight excluding hydrogens is 320 g/mol. The Morgan fingerprint density at radius 2 is 2.16 bits per heavy atom. The van der Waals surface area contributed by atoms with Crippen molar-refractivity contribution < 1.29 is 14.1 Å². The Bertz CT molecular complexity index is 743. The van der Waals surface area contributed by atoms with E-state index < -0.39 is 0 Å². The van der Waals surface area contributed by atoms with Crippen LogP contribution in [0.5, 0.6) is 0 Å². The summed E-state index contributed by atoms with van der Waals surface area (Å²) in [6, 6.07) is 7.76. The molecule has 2 atom stereocenters. The molecule has 2 heterocycles. The number of aryl methyl sites for hydroxylation is 1. The summed E-state index contributed by atoms with van der Waals surface area (Å²) in [5, 5.41) is 3.85. The van der Waals surface area contributed by atoms with Crippen molar-refractivity contribution in [3.63, 3.8) is 0 Å². The highest BCUT2D eigenvalue weighted by Crippen LogP contribution is 2.25. The zero-order chi connectivity index (χ0) is 18.0.